The van der Waals surface area contributed by atoms with Crippen LogP contribution in [-0.2, 0) is 0 Å². The molecule has 0 radical (unpaired) electrons. The lowest BCUT2D eigenvalue weighted by Crippen LogP contribution is -2.23. The highest BCUT2D eigenvalue weighted by Crippen LogP contribution is 2.24. The first-order valence-corrected chi connectivity index (χ1v) is 4.82. The predicted molar refractivity (Wildman–Crippen MR) is 60.2 cm³/mol. The molecule has 0 unspecified atom stereocenters. The van der Waals surface area contributed by atoms with Gasteiger partial charge in [0.1, 0.15) is 5.75 Å². The number of nitrogens with one attached hydrogen (secondary N) is 1. The quantitative estimate of drug-likeness (QED) is 0.737. The van der Waals surface area contributed by atoms with Crippen molar-refractivity contribution in [3.63, 3.8) is 0 Å². The van der Waals surface area contributed by atoms with Crippen molar-refractivity contribution in [1.82, 2.24) is 5.32 Å². The Balaban J connectivity index is 3.15. The van der Waals surface area contributed by atoms with E-state index in [2.05, 4.69) is 5.32 Å². The van der Waals surface area contributed by atoms with Gasteiger partial charge in [-0.3, -0.25) is 4.79 Å². The van der Waals surface area contributed by atoms with E-state index in [-0.39, 0.29) is 5.91 Å². The van der Waals surface area contributed by atoms with Gasteiger partial charge in [-0.15, -0.1) is 0 Å². The van der Waals surface area contributed by atoms with Crippen LogP contribution in [-0.4, -0.2) is 19.6 Å². The van der Waals surface area contributed by atoms with Crippen molar-refractivity contribution in [2.75, 3.05) is 19.4 Å². The first-order valence-electron chi connectivity index (χ1n) is 4.82. The molecule has 0 atom stereocenters. The van der Waals surface area contributed by atoms with Crippen molar-refractivity contribution in [3.05, 3.63) is 23.3 Å². The molecule has 0 aliphatic rings. The van der Waals surface area contributed by atoms with E-state index in [9.17, 15) is 4.79 Å². The molecule has 0 heterocycles. The molecule has 1 rings (SSSR count). The Bertz CT molecular complexity index is 375. The molecule has 0 aromatic heterocycles. The molecular formula is C11H16N2O2. The van der Waals surface area contributed by atoms with Crippen molar-refractivity contribution in [1.29, 1.82) is 0 Å². The summed E-state index contributed by atoms with van der Waals surface area (Å²) in [4.78, 5) is 11.7. The van der Waals surface area contributed by atoms with Crippen LogP contribution in [0.25, 0.3) is 0 Å². The third-order valence-corrected chi connectivity index (χ3v) is 2.17. The number of hydrogen-bond acceptors (Lipinski definition) is 3. The minimum absolute atomic E-state index is 0.141. The van der Waals surface area contributed by atoms with Crippen molar-refractivity contribution in [2.45, 2.75) is 13.8 Å². The molecule has 0 fully saturated rings. The van der Waals surface area contributed by atoms with Gasteiger partial charge in [0, 0.05) is 18.3 Å². The Labute approximate surface area is 89.4 Å². The number of hydrogen-bond donors (Lipinski definition) is 2. The first kappa shape index (κ1) is 11.4. The molecule has 0 saturated carbocycles. The lowest BCUT2D eigenvalue weighted by atomic mass is 10.1. The molecule has 4 nitrogen and oxygen atoms in total. The van der Waals surface area contributed by atoms with Crippen LogP contribution >= 0.6 is 0 Å². The molecule has 3 N–H and O–H groups in total. The number of rotatable bonds is 3. The van der Waals surface area contributed by atoms with E-state index >= 15 is 0 Å². The number of nitrogen functional groups attached to an aromatic ring is 1. The van der Waals surface area contributed by atoms with Gasteiger partial charge in [0.2, 0.25) is 0 Å². The summed E-state index contributed by atoms with van der Waals surface area (Å²) in [6, 6.07) is 3.40. The monoisotopic (exact) mass is 208 g/mol. The van der Waals surface area contributed by atoms with E-state index in [4.69, 9.17) is 10.5 Å². The topological polar surface area (TPSA) is 64.4 Å². The van der Waals surface area contributed by atoms with Gasteiger partial charge >= 0.3 is 0 Å². The molecule has 0 saturated heterocycles. The fraction of sp³-hybridized carbons (Fsp3) is 0.364. The SMILES string of the molecule is CCNC(=O)c1cc(C)c(N)cc1OC. The van der Waals surface area contributed by atoms with E-state index < -0.39 is 0 Å². The number of nitrogens with two attached hydrogens (primary N) is 1. The number of aryl methyl sites for hydroxylation is 1. The number of anilines is 1. The van der Waals surface area contributed by atoms with Crippen molar-refractivity contribution in [2.24, 2.45) is 0 Å². The number of methoxy groups -OCH3 is 1. The molecular weight excluding hydrogens is 192 g/mol. The number of ether oxygens (including phenoxy) is 1. The molecule has 0 bridgehead atoms. The number of amides is 1. The summed E-state index contributed by atoms with van der Waals surface area (Å²) in [7, 11) is 1.52. The van der Waals surface area contributed by atoms with Gasteiger partial charge in [-0.2, -0.15) is 0 Å². The van der Waals surface area contributed by atoms with E-state index in [1.165, 1.54) is 7.11 Å². The number of carbonyl (C=O) groups excluding carboxylic acids is 1. The minimum Gasteiger partial charge on any atom is -0.496 e. The maximum absolute atomic E-state index is 11.7. The van der Waals surface area contributed by atoms with Gasteiger partial charge in [0.25, 0.3) is 5.91 Å². The van der Waals surface area contributed by atoms with Crippen LogP contribution in [0.4, 0.5) is 5.69 Å². The molecule has 4 heteroatoms. The largest absolute Gasteiger partial charge is 0.496 e. The first-order chi connectivity index (χ1) is 7.10. The van der Waals surface area contributed by atoms with Crippen LogP contribution in [0.5, 0.6) is 5.75 Å². The standard InChI is InChI=1S/C11H16N2O2/c1-4-13-11(14)8-5-7(2)9(12)6-10(8)15-3/h5-6H,4,12H2,1-3H3,(H,13,14). The van der Waals surface area contributed by atoms with Gasteiger partial charge in [-0.25, -0.2) is 0 Å². The fourth-order valence-corrected chi connectivity index (χ4v) is 1.31. The Morgan fingerprint density at radius 1 is 1.53 bits per heavy atom. The normalized spacial score (nSPS) is 9.80. The average Bonchev–Trinajstić information content (AvgIpc) is 2.21. The third kappa shape index (κ3) is 2.40. The summed E-state index contributed by atoms with van der Waals surface area (Å²) >= 11 is 0. The molecule has 1 aromatic carbocycles. The second kappa shape index (κ2) is 4.68. The Kier molecular flexibility index (Phi) is 3.55. The summed E-state index contributed by atoms with van der Waals surface area (Å²) in [5.74, 6) is 0.363. The average molecular weight is 208 g/mol. The summed E-state index contributed by atoms with van der Waals surface area (Å²) in [6.45, 7) is 4.32. The zero-order valence-corrected chi connectivity index (χ0v) is 9.26. The Morgan fingerprint density at radius 3 is 2.73 bits per heavy atom. The second-order valence-electron chi connectivity index (χ2n) is 3.27. The van der Waals surface area contributed by atoms with E-state index in [0.29, 0.717) is 23.5 Å². The summed E-state index contributed by atoms with van der Waals surface area (Å²) in [5.41, 5.74) is 7.74. The lowest BCUT2D eigenvalue weighted by Gasteiger charge is -2.10. The highest BCUT2D eigenvalue weighted by Gasteiger charge is 2.12. The smallest absolute Gasteiger partial charge is 0.255 e. The number of benzene rings is 1. The van der Waals surface area contributed by atoms with Crippen LogP contribution in [0.1, 0.15) is 22.8 Å². The Morgan fingerprint density at radius 2 is 2.20 bits per heavy atom. The summed E-state index contributed by atoms with van der Waals surface area (Å²) in [5, 5.41) is 2.72. The molecule has 0 spiro atoms. The van der Waals surface area contributed by atoms with E-state index in [1.807, 2.05) is 13.8 Å². The van der Waals surface area contributed by atoms with Crippen molar-refractivity contribution in [3.8, 4) is 5.75 Å². The van der Waals surface area contributed by atoms with Crippen LogP contribution in [0, 0.1) is 6.92 Å². The van der Waals surface area contributed by atoms with Gasteiger partial charge in [0.05, 0.1) is 12.7 Å². The second-order valence-corrected chi connectivity index (χ2v) is 3.27. The third-order valence-electron chi connectivity index (χ3n) is 2.17. The van der Waals surface area contributed by atoms with Crippen LogP contribution in [0.2, 0.25) is 0 Å². The zero-order valence-electron chi connectivity index (χ0n) is 9.26. The van der Waals surface area contributed by atoms with Crippen LogP contribution in [0.3, 0.4) is 0 Å². The van der Waals surface area contributed by atoms with Crippen LogP contribution < -0.4 is 15.8 Å². The Hall–Kier alpha value is -1.71. The molecule has 1 aromatic rings. The maximum atomic E-state index is 11.7. The van der Waals surface area contributed by atoms with Gasteiger partial charge in [0.15, 0.2) is 0 Å². The fourth-order valence-electron chi connectivity index (χ4n) is 1.31. The summed E-state index contributed by atoms with van der Waals surface area (Å²) in [6.07, 6.45) is 0. The van der Waals surface area contributed by atoms with Gasteiger partial charge < -0.3 is 15.8 Å². The van der Waals surface area contributed by atoms with E-state index in [0.717, 1.165) is 5.56 Å². The molecule has 1 amide bonds. The predicted octanol–water partition coefficient (Wildman–Crippen LogP) is 1.34. The molecule has 0 aliphatic heterocycles. The minimum atomic E-state index is -0.141. The van der Waals surface area contributed by atoms with Gasteiger partial charge in [-0.1, -0.05) is 0 Å². The molecule has 0 aliphatic carbocycles. The van der Waals surface area contributed by atoms with Crippen molar-refractivity contribution < 1.29 is 9.53 Å². The molecule has 15 heavy (non-hydrogen) atoms. The maximum Gasteiger partial charge on any atom is 0.255 e. The number of carbonyl (C=O) groups is 1. The highest BCUT2D eigenvalue weighted by atomic mass is 16.5. The lowest BCUT2D eigenvalue weighted by molar-refractivity contribution is 0.0953. The highest BCUT2D eigenvalue weighted by molar-refractivity contribution is 5.97. The zero-order chi connectivity index (χ0) is 11.4. The van der Waals surface area contributed by atoms with Gasteiger partial charge in [-0.05, 0) is 25.5 Å². The van der Waals surface area contributed by atoms with E-state index in [1.54, 1.807) is 12.1 Å². The summed E-state index contributed by atoms with van der Waals surface area (Å²) < 4.78 is 5.11. The van der Waals surface area contributed by atoms with Crippen molar-refractivity contribution >= 4 is 11.6 Å². The molecule has 82 valence electrons. The van der Waals surface area contributed by atoms with Crippen LogP contribution in [0.15, 0.2) is 12.1 Å².